The highest BCUT2D eigenvalue weighted by Crippen LogP contribution is 2.04. The SMILES string of the molecule is CC(NC(=O)O)c1n[nH]c(=O)o1. The van der Waals surface area contributed by atoms with Crippen LogP contribution in [0, 0.1) is 0 Å². The standard InChI is InChI=1S/C5H7N3O4/c1-2(6-4(9)10)3-7-8-5(11)12-3/h2,6H,1H3,(H,8,11)(H,9,10). The number of amides is 1. The Bertz CT molecular complexity index is 327. The molecule has 7 nitrogen and oxygen atoms in total. The lowest BCUT2D eigenvalue weighted by molar-refractivity contribution is 0.188. The van der Waals surface area contributed by atoms with Crippen molar-refractivity contribution in [3.05, 3.63) is 16.4 Å². The molecule has 0 bridgehead atoms. The number of carbonyl (C=O) groups is 1. The first-order valence-electron chi connectivity index (χ1n) is 3.14. The molecule has 0 aromatic carbocycles. The largest absolute Gasteiger partial charge is 0.465 e. The predicted octanol–water partition coefficient (Wildman–Crippen LogP) is -0.308. The van der Waals surface area contributed by atoms with Crippen LogP contribution in [-0.2, 0) is 0 Å². The number of nitrogens with one attached hydrogen (secondary N) is 2. The number of rotatable bonds is 2. The lowest BCUT2D eigenvalue weighted by atomic mass is 10.3. The molecule has 1 aromatic rings. The van der Waals surface area contributed by atoms with Gasteiger partial charge in [-0.25, -0.2) is 14.7 Å². The van der Waals surface area contributed by atoms with Gasteiger partial charge in [-0.15, -0.1) is 5.10 Å². The highest BCUT2D eigenvalue weighted by Gasteiger charge is 2.13. The molecule has 66 valence electrons. The van der Waals surface area contributed by atoms with Crippen molar-refractivity contribution in [2.45, 2.75) is 13.0 Å². The van der Waals surface area contributed by atoms with Gasteiger partial charge in [-0.3, -0.25) is 0 Å². The number of carboxylic acid groups (broad SMARTS) is 1. The molecule has 7 heteroatoms. The quantitative estimate of drug-likeness (QED) is 0.568. The maximum Gasteiger partial charge on any atom is 0.434 e. The molecule has 1 atom stereocenters. The van der Waals surface area contributed by atoms with E-state index in [1.54, 1.807) is 0 Å². The van der Waals surface area contributed by atoms with Crippen molar-refractivity contribution >= 4 is 6.09 Å². The Kier molecular flexibility index (Phi) is 2.13. The first-order chi connectivity index (χ1) is 5.59. The van der Waals surface area contributed by atoms with Crippen molar-refractivity contribution in [1.82, 2.24) is 15.5 Å². The summed E-state index contributed by atoms with van der Waals surface area (Å²) in [7, 11) is 0. The molecular weight excluding hydrogens is 166 g/mol. The minimum absolute atomic E-state index is 0.0161. The summed E-state index contributed by atoms with van der Waals surface area (Å²) in [5.74, 6) is -0.688. The number of H-pyrrole nitrogens is 1. The van der Waals surface area contributed by atoms with Gasteiger partial charge < -0.3 is 14.8 Å². The smallest absolute Gasteiger partial charge is 0.434 e. The van der Waals surface area contributed by atoms with E-state index in [4.69, 9.17) is 5.11 Å². The number of hydrogen-bond acceptors (Lipinski definition) is 4. The van der Waals surface area contributed by atoms with Crippen molar-refractivity contribution in [3.63, 3.8) is 0 Å². The molecule has 3 N–H and O–H groups in total. The molecule has 0 saturated heterocycles. The van der Waals surface area contributed by atoms with Crippen LogP contribution < -0.4 is 11.1 Å². The van der Waals surface area contributed by atoms with Crippen LogP contribution in [0.3, 0.4) is 0 Å². The third-order valence-corrected chi connectivity index (χ3v) is 1.17. The van der Waals surface area contributed by atoms with E-state index in [2.05, 4.69) is 14.8 Å². The maximum atomic E-state index is 10.4. The van der Waals surface area contributed by atoms with Crippen LogP contribution >= 0.6 is 0 Å². The summed E-state index contributed by atoms with van der Waals surface area (Å²) in [6.45, 7) is 1.51. The third kappa shape index (κ3) is 1.84. The zero-order chi connectivity index (χ0) is 9.14. The van der Waals surface area contributed by atoms with Gasteiger partial charge in [0.15, 0.2) is 0 Å². The van der Waals surface area contributed by atoms with Crippen LogP contribution in [0.5, 0.6) is 0 Å². The van der Waals surface area contributed by atoms with Crippen LogP contribution in [0.15, 0.2) is 9.21 Å². The van der Waals surface area contributed by atoms with Gasteiger partial charge >= 0.3 is 11.8 Å². The Morgan fingerprint density at radius 2 is 2.50 bits per heavy atom. The molecule has 1 amide bonds. The topological polar surface area (TPSA) is 108 Å². The van der Waals surface area contributed by atoms with Crippen LogP contribution in [0.4, 0.5) is 4.79 Å². The number of hydrogen-bond donors (Lipinski definition) is 3. The number of nitrogens with zero attached hydrogens (tertiary/aromatic N) is 1. The second kappa shape index (κ2) is 3.07. The maximum absolute atomic E-state index is 10.4. The van der Waals surface area contributed by atoms with E-state index < -0.39 is 17.9 Å². The Hall–Kier alpha value is -1.79. The highest BCUT2D eigenvalue weighted by atomic mass is 16.4. The second-order valence-corrected chi connectivity index (χ2v) is 2.12. The average Bonchev–Trinajstić information content (AvgIpc) is 2.34. The van der Waals surface area contributed by atoms with E-state index in [1.165, 1.54) is 6.92 Å². The van der Waals surface area contributed by atoms with Gasteiger partial charge in [-0.1, -0.05) is 0 Å². The second-order valence-electron chi connectivity index (χ2n) is 2.12. The van der Waals surface area contributed by atoms with Gasteiger partial charge in [0.05, 0.1) is 0 Å². The first kappa shape index (κ1) is 8.31. The molecule has 0 aliphatic rings. The molecule has 0 saturated carbocycles. The number of aromatic amines is 1. The van der Waals surface area contributed by atoms with Crippen LogP contribution in [0.2, 0.25) is 0 Å². The van der Waals surface area contributed by atoms with Crippen molar-refractivity contribution in [2.24, 2.45) is 0 Å². The predicted molar refractivity (Wildman–Crippen MR) is 36.7 cm³/mol. The summed E-state index contributed by atoms with van der Waals surface area (Å²) < 4.78 is 4.50. The molecule has 0 aliphatic carbocycles. The van der Waals surface area contributed by atoms with Gasteiger partial charge in [-0.2, -0.15) is 0 Å². The molecule has 12 heavy (non-hydrogen) atoms. The van der Waals surface area contributed by atoms with Gasteiger partial charge in [0.2, 0.25) is 5.89 Å². The van der Waals surface area contributed by atoms with E-state index in [0.717, 1.165) is 0 Å². The van der Waals surface area contributed by atoms with Gasteiger partial charge in [0.1, 0.15) is 6.04 Å². The van der Waals surface area contributed by atoms with Crippen molar-refractivity contribution in [2.75, 3.05) is 0 Å². The van der Waals surface area contributed by atoms with E-state index >= 15 is 0 Å². The van der Waals surface area contributed by atoms with Crippen LogP contribution in [0.25, 0.3) is 0 Å². The van der Waals surface area contributed by atoms with Crippen LogP contribution in [-0.4, -0.2) is 21.4 Å². The Labute approximate surface area is 66.4 Å². The van der Waals surface area contributed by atoms with E-state index in [0.29, 0.717) is 0 Å². The molecule has 1 aromatic heterocycles. The Morgan fingerprint density at radius 3 is 2.92 bits per heavy atom. The third-order valence-electron chi connectivity index (χ3n) is 1.17. The zero-order valence-corrected chi connectivity index (χ0v) is 6.20. The first-order valence-corrected chi connectivity index (χ1v) is 3.14. The van der Waals surface area contributed by atoms with E-state index in [9.17, 15) is 9.59 Å². The summed E-state index contributed by atoms with van der Waals surface area (Å²) in [6, 6.07) is -0.638. The molecule has 0 radical (unpaired) electrons. The molecule has 1 unspecified atom stereocenters. The van der Waals surface area contributed by atoms with Gasteiger partial charge in [0.25, 0.3) is 0 Å². The lowest BCUT2D eigenvalue weighted by Crippen LogP contribution is -2.24. The average molecular weight is 173 g/mol. The summed E-state index contributed by atoms with van der Waals surface area (Å²) in [6.07, 6.45) is -1.20. The van der Waals surface area contributed by atoms with Crippen molar-refractivity contribution in [1.29, 1.82) is 0 Å². The fourth-order valence-electron chi connectivity index (χ4n) is 0.674. The molecule has 1 rings (SSSR count). The minimum atomic E-state index is -1.20. The fraction of sp³-hybridized carbons (Fsp3) is 0.400. The molecular formula is C5H7N3O4. The fourth-order valence-corrected chi connectivity index (χ4v) is 0.674. The van der Waals surface area contributed by atoms with E-state index in [1.807, 2.05) is 5.10 Å². The summed E-state index contributed by atoms with van der Waals surface area (Å²) in [5, 5.41) is 15.8. The normalized spacial score (nSPS) is 12.4. The lowest BCUT2D eigenvalue weighted by Gasteiger charge is -2.04. The van der Waals surface area contributed by atoms with Crippen molar-refractivity contribution < 1.29 is 14.3 Å². The summed E-state index contributed by atoms with van der Waals surface area (Å²) in [4.78, 5) is 20.5. The Morgan fingerprint density at radius 1 is 1.83 bits per heavy atom. The molecule has 1 heterocycles. The highest BCUT2D eigenvalue weighted by molar-refractivity contribution is 5.64. The number of aromatic nitrogens is 2. The van der Waals surface area contributed by atoms with Gasteiger partial charge in [0, 0.05) is 0 Å². The molecule has 0 spiro atoms. The summed E-state index contributed by atoms with van der Waals surface area (Å²) >= 11 is 0. The molecule has 0 fully saturated rings. The Balaban J connectivity index is 2.71. The van der Waals surface area contributed by atoms with Crippen LogP contribution in [0.1, 0.15) is 18.9 Å². The zero-order valence-electron chi connectivity index (χ0n) is 6.20. The monoisotopic (exact) mass is 173 g/mol. The summed E-state index contributed by atoms with van der Waals surface area (Å²) in [5.41, 5.74) is 0. The minimum Gasteiger partial charge on any atom is -0.465 e. The molecule has 0 aliphatic heterocycles. The van der Waals surface area contributed by atoms with Gasteiger partial charge in [-0.05, 0) is 6.92 Å². The van der Waals surface area contributed by atoms with E-state index in [-0.39, 0.29) is 5.89 Å². The van der Waals surface area contributed by atoms with Crippen molar-refractivity contribution in [3.8, 4) is 0 Å².